The summed E-state index contributed by atoms with van der Waals surface area (Å²) in [6.45, 7) is 2.09. The van der Waals surface area contributed by atoms with Gasteiger partial charge in [-0.05, 0) is 12.1 Å². The number of ether oxygens (including phenoxy) is 1. The Bertz CT molecular complexity index is 300. The van der Waals surface area contributed by atoms with Crippen LogP contribution in [0, 0.1) is 0 Å². The number of rotatable bonds is 5. The highest BCUT2D eigenvalue weighted by molar-refractivity contribution is 5.71. The Hall–Kier alpha value is -1.55. The second-order valence-corrected chi connectivity index (χ2v) is 3.16. The molecule has 0 aliphatic rings. The summed E-state index contributed by atoms with van der Waals surface area (Å²) in [6.07, 6.45) is 0.602. The normalized spacial score (nSPS) is 9.73. The molecule has 0 heterocycles. The fraction of sp³-hybridized carbons (Fsp3) is 0.364. The van der Waals surface area contributed by atoms with E-state index in [-0.39, 0.29) is 5.91 Å². The third-order valence-electron chi connectivity index (χ3n) is 1.89. The number of hydrogen-bond donors (Lipinski definition) is 1. The average molecular weight is 209 g/mol. The van der Waals surface area contributed by atoms with E-state index < -0.39 is 0 Å². The number of nitrogens with zero attached hydrogens (tertiary/aromatic N) is 1. The van der Waals surface area contributed by atoms with Crippen LogP contribution in [0.15, 0.2) is 30.3 Å². The lowest BCUT2D eigenvalue weighted by Crippen LogP contribution is -2.26. The van der Waals surface area contributed by atoms with Crippen molar-refractivity contribution in [2.75, 3.05) is 13.2 Å². The van der Waals surface area contributed by atoms with Gasteiger partial charge in [-0.25, -0.2) is 5.06 Å². The van der Waals surface area contributed by atoms with E-state index in [1.807, 2.05) is 30.3 Å². The molecule has 0 bridgehead atoms. The summed E-state index contributed by atoms with van der Waals surface area (Å²) in [5.74, 6) is 0.444. The van der Waals surface area contributed by atoms with Gasteiger partial charge in [0.25, 0.3) is 0 Å². The van der Waals surface area contributed by atoms with Crippen molar-refractivity contribution < 1.29 is 14.7 Å². The van der Waals surface area contributed by atoms with Crippen molar-refractivity contribution in [1.82, 2.24) is 5.06 Å². The van der Waals surface area contributed by atoms with E-state index in [9.17, 15) is 4.79 Å². The van der Waals surface area contributed by atoms with Gasteiger partial charge in [-0.15, -0.1) is 0 Å². The molecule has 1 amide bonds. The maximum atomic E-state index is 10.6. The molecule has 1 aromatic rings. The van der Waals surface area contributed by atoms with Gasteiger partial charge in [-0.2, -0.15) is 0 Å². The number of hydroxylamine groups is 2. The first-order valence-corrected chi connectivity index (χ1v) is 4.85. The van der Waals surface area contributed by atoms with Crippen molar-refractivity contribution >= 4 is 5.91 Å². The van der Waals surface area contributed by atoms with Gasteiger partial charge in [0.05, 0.1) is 13.2 Å². The number of para-hydroxylation sites is 1. The van der Waals surface area contributed by atoms with Gasteiger partial charge in [-0.3, -0.25) is 10.0 Å². The standard InChI is InChI=1S/C11H15NO3/c1-10(13)12(14)8-5-9-15-11-6-3-2-4-7-11/h2-4,6-7,14H,5,8-9H2,1H3. The van der Waals surface area contributed by atoms with Gasteiger partial charge in [-0.1, -0.05) is 18.2 Å². The number of carbonyl (C=O) groups excluding carboxylic acids is 1. The molecule has 1 aromatic carbocycles. The van der Waals surface area contributed by atoms with Crippen molar-refractivity contribution in [1.29, 1.82) is 0 Å². The summed E-state index contributed by atoms with van der Waals surface area (Å²) in [6, 6.07) is 9.42. The van der Waals surface area contributed by atoms with Crippen molar-refractivity contribution in [2.24, 2.45) is 0 Å². The van der Waals surface area contributed by atoms with Gasteiger partial charge < -0.3 is 4.74 Å². The molecule has 0 spiro atoms. The number of carbonyl (C=O) groups is 1. The van der Waals surface area contributed by atoms with E-state index in [0.29, 0.717) is 24.6 Å². The molecule has 0 aromatic heterocycles. The topological polar surface area (TPSA) is 49.8 Å². The average Bonchev–Trinajstić information content (AvgIpc) is 2.25. The summed E-state index contributed by atoms with van der Waals surface area (Å²) in [5.41, 5.74) is 0. The summed E-state index contributed by atoms with van der Waals surface area (Å²) >= 11 is 0. The van der Waals surface area contributed by atoms with Crippen LogP contribution in [0.2, 0.25) is 0 Å². The number of benzene rings is 1. The molecule has 1 N–H and O–H groups in total. The molecule has 4 nitrogen and oxygen atoms in total. The first kappa shape index (κ1) is 11.5. The van der Waals surface area contributed by atoms with Crippen LogP contribution in [0.5, 0.6) is 5.75 Å². The first-order valence-electron chi connectivity index (χ1n) is 4.85. The van der Waals surface area contributed by atoms with Gasteiger partial charge >= 0.3 is 0 Å². The lowest BCUT2D eigenvalue weighted by Gasteiger charge is -2.12. The fourth-order valence-corrected chi connectivity index (χ4v) is 1.08. The quantitative estimate of drug-likeness (QED) is 0.456. The smallest absolute Gasteiger partial charge is 0.242 e. The Morgan fingerprint density at radius 3 is 2.67 bits per heavy atom. The lowest BCUT2D eigenvalue weighted by atomic mass is 10.3. The van der Waals surface area contributed by atoms with E-state index >= 15 is 0 Å². The summed E-state index contributed by atoms with van der Waals surface area (Å²) < 4.78 is 5.39. The highest BCUT2D eigenvalue weighted by Gasteiger charge is 2.02. The van der Waals surface area contributed by atoms with Crippen LogP contribution in [0.1, 0.15) is 13.3 Å². The van der Waals surface area contributed by atoms with Crippen LogP contribution >= 0.6 is 0 Å². The molecule has 0 atom stereocenters. The Balaban J connectivity index is 2.15. The maximum Gasteiger partial charge on any atom is 0.242 e. The van der Waals surface area contributed by atoms with Crippen molar-refractivity contribution in [3.05, 3.63) is 30.3 Å². The predicted molar refractivity (Wildman–Crippen MR) is 55.7 cm³/mol. The molecule has 82 valence electrons. The van der Waals surface area contributed by atoms with Crippen molar-refractivity contribution in [2.45, 2.75) is 13.3 Å². The van der Waals surface area contributed by atoms with Crippen LogP contribution < -0.4 is 4.74 Å². The Morgan fingerprint density at radius 1 is 1.40 bits per heavy atom. The molecular formula is C11H15NO3. The second-order valence-electron chi connectivity index (χ2n) is 3.16. The zero-order valence-electron chi connectivity index (χ0n) is 8.72. The zero-order chi connectivity index (χ0) is 11.1. The molecule has 0 aliphatic carbocycles. The largest absolute Gasteiger partial charge is 0.494 e. The van der Waals surface area contributed by atoms with Gasteiger partial charge in [0, 0.05) is 13.3 Å². The first-order chi connectivity index (χ1) is 7.20. The minimum atomic E-state index is -0.352. The van der Waals surface area contributed by atoms with Gasteiger partial charge in [0.1, 0.15) is 5.75 Å². The van der Waals surface area contributed by atoms with E-state index in [0.717, 1.165) is 5.75 Å². The summed E-state index contributed by atoms with van der Waals surface area (Å²) in [7, 11) is 0. The van der Waals surface area contributed by atoms with E-state index in [4.69, 9.17) is 9.94 Å². The minimum absolute atomic E-state index is 0.294. The van der Waals surface area contributed by atoms with Crippen LogP contribution in [0.3, 0.4) is 0 Å². The van der Waals surface area contributed by atoms with Gasteiger partial charge in [0.2, 0.25) is 5.91 Å². The van der Waals surface area contributed by atoms with Crippen LogP contribution in [-0.4, -0.2) is 29.3 Å². The molecule has 0 saturated heterocycles. The van der Waals surface area contributed by atoms with E-state index in [1.54, 1.807) is 0 Å². The maximum absolute atomic E-state index is 10.6. The second kappa shape index (κ2) is 6.03. The molecule has 15 heavy (non-hydrogen) atoms. The summed E-state index contributed by atoms with van der Waals surface area (Å²) in [5, 5.41) is 9.74. The van der Waals surface area contributed by atoms with Crippen molar-refractivity contribution in [3.63, 3.8) is 0 Å². The Labute approximate surface area is 89.0 Å². The molecule has 4 heteroatoms. The van der Waals surface area contributed by atoms with Crippen molar-refractivity contribution in [3.8, 4) is 5.75 Å². The Morgan fingerprint density at radius 2 is 2.07 bits per heavy atom. The monoisotopic (exact) mass is 209 g/mol. The number of hydrogen-bond acceptors (Lipinski definition) is 3. The predicted octanol–water partition coefficient (Wildman–Crippen LogP) is 1.69. The Kier molecular flexibility index (Phi) is 4.63. The van der Waals surface area contributed by atoms with Crippen LogP contribution in [-0.2, 0) is 4.79 Å². The SMILES string of the molecule is CC(=O)N(O)CCCOc1ccccc1. The highest BCUT2D eigenvalue weighted by Crippen LogP contribution is 2.08. The molecule has 0 unspecified atom stereocenters. The molecule has 0 saturated carbocycles. The third-order valence-corrected chi connectivity index (χ3v) is 1.89. The fourth-order valence-electron chi connectivity index (χ4n) is 1.08. The zero-order valence-corrected chi connectivity index (χ0v) is 8.72. The molecule has 0 fully saturated rings. The number of amides is 1. The molecule has 0 aliphatic heterocycles. The summed E-state index contributed by atoms with van der Waals surface area (Å²) in [4.78, 5) is 10.6. The minimum Gasteiger partial charge on any atom is -0.494 e. The van der Waals surface area contributed by atoms with Crippen LogP contribution in [0.25, 0.3) is 0 Å². The lowest BCUT2D eigenvalue weighted by molar-refractivity contribution is -0.163. The van der Waals surface area contributed by atoms with E-state index in [2.05, 4.69) is 0 Å². The third kappa shape index (κ3) is 4.46. The molecule has 1 rings (SSSR count). The molecular weight excluding hydrogens is 194 g/mol. The van der Waals surface area contributed by atoms with Crippen LogP contribution in [0.4, 0.5) is 0 Å². The van der Waals surface area contributed by atoms with E-state index in [1.165, 1.54) is 6.92 Å². The van der Waals surface area contributed by atoms with Gasteiger partial charge in [0.15, 0.2) is 0 Å². The highest BCUT2D eigenvalue weighted by atomic mass is 16.5. The molecule has 0 radical (unpaired) electrons.